The summed E-state index contributed by atoms with van der Waals surface area (Å²) in [6.45, 7) is 10.3. The number of nitrogens with zero attached hydrogens (tertiary/aromatic N) is 5. The van der Waals surface area contributed by atoms with E-state index in [1.54, 1.807) is 12.3 Å². The molecule has 0 bridgehead atoms. The minimum atomic E-state index is -0.287. The first-order valence-electron chi connectivity index (χ1n) is 15.1. The van der Waals surface area contributed by atoms with Gasteiger partial charge in [0, 0.05) is 62.1 Å². The SMILES string of the molecule is C=CC(=O)Nc1cc(N(C(=O)NCC2COC2)C2CCC(Nc3ccc(C#N)cn3)CC2)ccc1N1CCN(C)[C@@H](C)C1. The maximum atomic E-state index is 13.8. The summed E-state index contributed by atoms with van der Waals surface area (Å²) in [6, 6.07) is 12.1. The van der Waals surface area contributed by atoms with Gasteiger partial charge in [0.2, 0.25) is 5.91 Å². The number of benzene rings is 1. The van der Waals surface area contributed by atoms with Crippen LogP contribution in [0.5, 0.6) is 0 Å². The molecular weight excluding hydrogens is 544 g/mol. The normalized spacial score (nSPS) is 22.5. The fourth-order valence-electron chi connectivity index (χ4n) is 5.95. The van der Waals surface area contributed by atoms with Gasteiger partial charge in [-0.3, -0.25) is 9.69 Å². The number of anilines is 4. The quantitative estimate of drug-likeness (QED) is 0.379. The fourth-order valence-corrected chi connectivity index (χ4v) is 5.95. The summed E-state index contributed by atoms with van der Waals surface area (Å²) in [5.41, 5.74) is 2.89. The molecule has 0 spiro atoms. The molecular formula is C32H42N8O3. The summed E-state index contributed by atoms with van der Waals surface area (Å²) in [5, 5.41) is 18.7. The van der Waals surface area contributed by atoms with Crippen molar-refractivity contribution in [2.24, 2.45) is 5.92 Å². The van der Waals surface area contributed by atoms with E-state index in [2.05, 4.69) is 57.4 Å². The predicted octanol–water partition coefficient (Wildman–Crippen LogP) is 3.80. The van der Waals surface area contributed by atoms with Gasteiger partial charge in [-0.1, -0.05) is 6.58 Å². The van der Waals surface area contributed by atoms with Crippen LogP contribution in [0.25, 0.3) is 0 Å². The number of nitriles is 1. The largest absolute Gasteiger partial charge is 0.381 e. The van der Waals surface area contributed by atoms with E-state index in [9.17, 15) is 9.59 Å². The summed E-state index contributed by atoms with van der Waals surface area (Å²) in [6.07, 6.45) is 6.18. The molecule has 1 aromatic carbocycles. The Kier molecular flexibility index (Phi) is 9.79. The minimum absolute atomic E-state index is 0.0120. The van der Waals surface area contributed by atoms with Crippen LogP contribution in [-0.4, -0.2) is 86.4 Å². The molecule has 11 heteroatoms. The van der Waals surface area contributed by atoms with Gasteiger partial charge >= 0.3 is 6.03 Å². The zero-order chi connectivity index (χ0) is 30.3. The van der Waals surface area contributed by atoms with Gasteiger partial charge in [0.05, 0.1) is 30.2 Å². The summed E-state index contributed by atoms with van der Waals surface area (Å²) in [4.78, 5) is 37.1. The highest BCUT2D eigenvalue weighted by Gasteiger charge is 2.32. The van der Waals surface area contributed by atoms with Gasteiger partial charge in [-0.2, -0.15) is 5.26 Å². The van der Waals surface area contributed by atoms with Gasteiger partial charge in [-0.25, -0.2) is 9.78 Å². The second-order valence-corrected chi connectivity index (χ2v) is 11.8. The lowest BCUT2D eigenvalue weighted by molar-refractivity contribution is -0.111. The molecule has 1 atom stereocenters. The smallest absolute Gasteiger partial charge is 0.322 e. The molecule has 5 rings (SSSR count). The number of piperazine rings is 1. The van der Waals surface area contributed by atoms with Gasteiger partial charge in [-0.15, -0.1) is 0 Å². The van der Waals surface area contributed by atoms with Gasteiger partial charge in [0.15, 0.2) is 0 Å². The summed E-state index contributed by atoms with van der Waals surface area (Å²) < 4.78 is 5.30. The second kappa shape index (κ2) is 13.9. The Hall–Kier alpha value is -4.14. The van der Waals surface area contributed by atoms with Crippen molar-refractivity contribution in [3.05, 3.63) is 54.7 Å². The Labute approximate surface area is 253 Å². The standard InChI is InChI=1S/C32H42N8O3/c1-4-31(41)37-28-15-27(10-11-29(28)39-14-13-38(3)22(2)19-39)40(32(42)35-18-24-20-43-21-24)26-8-6-25(7-9-26)36-30-12-5-23(16-33)17-34-30/h4-5,10-12,15,17,22,24-26H,1,6-9,13-14,18-21H2,2-3H3,(H,34,36)(H,35,42)(H,37,41)/t22-,25?,26?/m0/s1. The Balaban J connectivity index is 1.36. The molecule has 3 fully saturated rings. The van der Waals surface area contributed by atoms with Crippen molar-refractivity contribution in [2.45, 2.75) is 50.7 Å². The van der Waals surface area contributed by atoms with Crippen molar-refractivity contribution in [2.75, 3.05) is 66.9 Å². The average molecular weight is 587 g/mol. The van der Waals surface area contributed by atoms with Crippen LogP contribution >= 0.6 is 0 Å². The number of aromatic nitrogens is 1. The van der Waals surface area contributed by atoms with Crippen LogP contribution in [0.1, 0.15) is 38.2 Å². The number of carbonyl (C=O) groups is 2. The lowest BCUT2D eigenvalue weighted by Gasteiger charge is -2.40. The molecule has 43 heavy (non-hydrogen) atoms. The molecule has 11 nitrogen and oxygen atoms in total. The van der Waals surface area contributed by atoms with E-state index in [-0.39, 0.29) is 24.0 Å². The van der Waals surface area contributed by atoms with Crippen LogP contribution < -0.4 is 25.8 Å². The Bertz CT molecular complexity index is 1330. The number of hydrogen-bond acceptors (Lipinski definition) is 8. The molecule has 2 aliphatic heterocycles. The van der Waals surface area contributed by atoms with E-state index in [0.29, 0.717) is 43.0 Å². The van der Waals surface area contributed by atoms with E-state index in [1.807, 2.05) is 29.2 Å². The maximum Gasteiger partial charge on any atom is 0.322 e. The second-order valence-electron chi connectivity index (χ2n) is 11.8. The predicted molar refractivity (Wildman–Crippen MR) is 168 cm³/mol. The molecule has 228 valence electrons. The summed E-state index contributed by atoms with van der Waals surface area (Å²) in [5.74, 6) is 0.787. The molecule has 3 aliphatic rings. The third-order valence-corrected chi connectivity index (χ3v) is 8.78. The molecule has 3 heterocycles. The zero-order valence-corrected chi connectivity index (χ0v) is 25.1. The van der Waals surface area contributed by atoms with E-state index in [0.717, 1.165) is 62.5 Å². The van der Waals surface area contributed by atoms with E-state index >= 15 is 0 Å². The van der Waals surface area contributed by atoms with Gasteiger partial charge in [0.25, 0.3) is 0 Å². The highest BCUT2D eigenvalue weighted by atomic mass is 16.5. The highest BCUT2D eigenvalue weighted by molar-refractivity contribution is 6.02. The van der Waals surface area contributed by atoms with Crippen molar-refractivity contribution < 1.29 is 14.3 Å². The zero-order valence-electron chi connectivity index (χ0n) is 25.1. The number of hydrogen-bond donors (Lipinski definition) is 3. The first-order chi connectivity index (χ1) is 20.8. The topological polar surface area (TPSA) is 126 Å². The molecule has 3 N–H and O–H groups in total. The molecule has 0 radical (unpaired) electrons. The third-order valence-electron chi connectivity index (χ3n) is 8.78. The van der Waals surface area contributed by atoms with Crippen LogP contribution in [0, 0.1) is 17.2 Å². The van der Waals surface area contributed by atoms with Gasteiger partial charge in [0.1, 0.15) is 11.9 Å². The van der Waals surface area contributed by atoms with Gasteiger partial charge < -0.3 is 30.5 Å². The van der Waals surface area contributed by atoms with Gasteiger partial charge in [-0.05, 0) is 76.1 Å². The number of rotatable bonds is 9. The summed E-state index contributed by atoms with van der Waals surface area (Å²) >= 11 is 0. The number of pyridine rings is 1. The molecule has 1 aliphatic carbocycles. The fraction of sp³-hybridized carbons (Fsp3) is 0.500. The van der Waals surface area contributed by atoms with Crippen LogP contribution in [-0.2, 0) is 9.53 Å². The third kappa shape index (κ3) is 7.45. The van der Waals surface area contributed by atoms with Crippen molar-refractivity contribution in [3.8, 4) is 6.07 Å². The van der Waals surface area contributed by atoms with Crippen LogP contribution in [0.2, 0.25) is 0 Å². The van der Waals surface area contributed by atoms with Crippen molar-refractivity contribution in [1.29, 1.82) is 5.26 Å². The average Bonchev–Trinajstić information content (AvgIpc) is 2.99. The minimum Gasteiger partial charge on any atom is -0.381 e. The van der Waals surface area contributed by atoms with Crippen LogP contribution in [0.3, 0.4) is 0 Å². The van der Waals surface area contributed by atoms with Crippen LogP contribution in [0.15, 0.2) is 49.2 Å². The van der Waals surface area contributed by atoms with Crippen molar-refractivity contribution in [1.82, 2.24) is 15.2 Å². The van der Waals surface area contributed by atoms with E-state index < -0.39 is 0 Å². The number of likely N-dealkylation sites (N-methyl/N-ethyl adjacent to an activating group) is 1. The van der Waals surface area contributed by atoms with E-state index in [4.69, 9.17) is 10.00 Å². The number of urea groups is 1. The molecule has 0 unspecified atom stereocenters. The van der Waals surface area contributed by atoms with Crippen LogP contribution in [0.4, 0.5) is 27.7 Å². The first-order valence-corrected chi connectivity index (χ1v) is 15.1. The monoisotopic (exact) mass is 586 g/mol. The molecule has 3 amide bonds. The highest BCUT2D eigenvalue weighted by Crippen LogP contribution is 2.36. The lowest BCUT2D eigenvalue weighted by atomic mass is 9.89. The number of amides is 3. The Morgan fingerprint density at radius 3 is 2.60 bits per heavy atom. The number of nitrogens with one attached hydrogen (secondary N) is 3. The molecule has 2 aromatic rings. The van der Waals surface area contributed by atoms with E-state index in [1.165, 1.54) is 6.08 Å². The lowest BCUT2D eigenvalue weighted by Crippen LogP contribution is -2.51. The molecule has 1 aromatic heterocycles. The van der Waals surface area contributed by atoms with Crippen molar-refractivity contribution >= 4 is 34.8 Å². The first kappa shape index (κ1) is 30.3. The Morgan fingerprint density at radius 1 is 1.19 bits per heavy atom. The molecule has 1 saturated carbocycles. The summed E-state index contributed by atoms with van der Waals surface area (Å²) in [7, 11) is 2.13. The van der Waals surface area contributed by atoms with Crippen molar-refractivity contribution in [3.63, 3.8) is 0 Å². The number of ether oxygens (including phenoxy) is 1. The number of carbonyl (C=O) groups excluding carboxylic acids is 2. The Morgan fingerprint density at radius 2 is 1.98 bits per heavy atom. The molecule has 2 saturated heterocycles. The maximum absolute atomic E-state index is 13.8.